The van der Waals surface area contributed by atoms with Crippen molar-refractivity contribution in [2.24, 2.45) is 5.10 Å². The SMILES string of the molecule is COc1ccc(C2=NN3C(C2)c2ccccc2OC3c2cc(Cl)cc(Cl)c2O)cc1. The molecule has 2 unspecified atom stereocenters. The molecule has 0 saturated carbocycles. The largest absolute Gasteiger partial charge is 0.506 e. The van der Waals surface area contributed by atoms with E-state index in [1.807, 2.05) is 53.5 Å². The number of phenols is 1. The minimum Gasteiger partial charge on any atom is -0.506 e. The highest BCUT2D eigenvalue weighted by molar-refractivity contribution is 6.35. The first-order valence-corrected chi connectivity index (χ1v) is 10.2. The molecule has 2 atom stereocenters. The molecule has 0 aliphatic carbocycles. The second-order valence-corrected chi connectivity index (χ2v) is 8.05. The lowest BCUT2D eigenvalue weighted by Crippen LogP contribution is -2.33. The first kappa shape index (κ1) is 19.1. The second-order valence-electron chi connectivity index (χ2n) is 7.21. The van der Waals surface area contributed by atoms with E-state index in [9.17, 15) is 5.11 Å². The summed E-state index contributed by atoms with van der Waals surface area (Å²) in [4.78, 5) is 0. The second kappa shape index (κ2) is 7.42. The van der Waals surface area contributed by atoms with Gasteiger partial charge in [0.2, 0.25) is 6.23 Å². The predicted molar refractivity (Wildman–Crippen MR) is 117 cm³/mol. The topological polar surface area (TPSA) is 54.3 Å². The lowest BCUT2D eigenvalue weighted by atomic mass is 9.96. The van der Waals surface area contributed by atoms with Gasteiger partial charge in [-0.3, -0.25) is 0 Å². The number of ether oxygens (including phenoxy) is 2. The molecule has 1 N–H and O–H groups in total. The summed E-state index contributed by atoms with van der Waals surface area (Å²) in [5, 5.41) is 18.0. The number of para-hydroxylation sites is 1. The van der Waals surface area contributed by atoms with Gasteiger partial charge in [0.25, 0.3) is 0 Å². The van der Waals surface area contributed by atoms with Crippen molar-refractivity contribution in [3.05, 3.63) is 87.4 Å². The fourth-order valence-electron chi connectivity index (χ4n) is 3.97. The monoisotopic (exact) mass is 440 g/mol. The fraction of sp³-hybridized carbons (Fsp3) is 0.174. The van der Waals surface area contributed by atoms with Gasteiger partial charge in [0.1, 0.15) is 17.2 Å². The summed E-state index contributed by atoms with van der Waals surface area (Å²) in [6, 6.07) is 18.8. The third-order valence-corrected chi connectivity index (χ3v) is 5.95. The molecule has 0 aromatic heterocycles. The van der Waals surface area contributed by atoms with E-state index in [0.29, 0.717) is 17.0 Å². The van der Waals surface area contributed by atoms with E-state index >= 15 is 0 Å². The Bertz CT molecular complexity index is 1150. The number of hydrazone groups is 1. The normalized spacial score (nSPS) is 19.6. The van der Waals surface area contributed by atoms with Crippen molar-refractivity contribution < 1.29 is 14.6 Å². The van der Waals surface area contributed by atoms with Gasteiger partial charge in [0.15, 0.2) is 0 Å². The highest BCUT2D eigenvalue weighted by Crippen LogP contribution is 2.49. The van der Waals surface area contributed by atoms with Crippen LogP contribution in [0.1, 0.15) is 35.4 Å². The van der Waals surface area contributed by atoms with Crippen molar-refractivity contribution >= 4 is 28.9 Å². The van der Waals surface area contributed by atoms with Gasteiger partial charge in [-0.15, -0.1) is 0 Å². The minimum atomic E-state index is -0.656. The van der Waals surface area contributed by atoms with Gasteiger partial charge in [0.05, 0.1) is 29.4 Å². The molecule has 2 aliphatic rings. The van der Waals surface area contributed by atoms with Crippen LogP contribution in [0.2, 0.25) is 10.0 Å². The van der Waals surface area contributed by atoms with Crippen LogP contribution in [0.5, 0.6) is 17.2 Å². The minimum absolute atomic E-state index is 0.0331. The molecule has 0 radical (unpaired) electrons. The molecule has 0 spiro atoms. The zero-order valence-electron chi connectivity index (χ0n) is 16.0. The van der Waals surface area contributed by atoms with Gasteiger partial charge in [0, 0.05) is 17.0 Å². The third kappa shape index (κ3) is 3.15. The molecule has 152 valence electrons. The quantitative estimate of drug-likeness (QED) is 0.546. The number of hydrogen-bond acceptors (Lipinski definition) is 5. The number of halogens is 2. The van der Waals surface area contributed by atoms with Gasteiger partial charge >= 0.3 is 0 Å². The molecule has 2 heterocycles. The number of methoxy groups -OCH3 is 1. The summed E-state index contributed by atoms with van der Waals surface area (Å²) >= 11 is 12.4. The van der Waals surface area contributed by atoms with Crippen molar-refractivity contribution in [2.75, 3.05) is 7.11 Å². The molecule has 30 heavy (non-hydrogen) atoms. The summed E-state index contributed by atoms with van der Waals surface area (Å²) in [6.07, 6.45) is 0.0509. The maximum Gasteiger partial charge on any atom is 0.217 e. The Kier molecular flexibility index (Phi) is 4.72. The van der Waals surface area contributed by atoms with E-state index in [-0.39, 0.29) is 16.8 Å². The molecule has 3 aromatic carbocycles. The molecular formula is C23H18Cl2N2O3. The van der Waals surface area contributed by atoms with Crippen LogP contribution in [0.25, 0.3) is 0 Å². The number of rotatable bonds is 3. The van der Waals surface area contributed by atoms with E-state index in [4.69, 9.17) is 37.8 Å². The third-order valence-electron chi connectivity index (χ3n) is 5.45. The first-order chi connectivity index (χ1) is 14.5. The number of phenolic OH excluding ortho intramolecular Hbond substituents is 1. The molecule has 0 amide bonds. The van der Waals surface area contributed by atoms with Crippen LogP contribution in [0.3, 0.4) is 0 Å². The molecule has 2 aliphatic heterocycles. The van der Waals surface area contributed by atoms with Gasteiger partial charge in [-0.05, 0) is 48.0 Å². The molecule has 3 aromatic rings. The Balaban J connectivity index is 1.61. The Morgan fingerprint density at radius 3 is 2.60 bits per heavy atom. The van der Waals surface area contributed by atoms with Gasteiger partial charge in [-0.25, -0.2) is 5.01 Å². The number of hydrogen-bond donors (Lipinski definition) is 1. The van der Waals surface area contributed by atoms with Crippen LogP contribution in [-0.2, 0) is 0 Å². The van der Waals surface area contributed by atoms with E-state index < -0.39 is 6.23 Å². The van der Waals surface area contributed by atoms with Gasteiger partial charge < -0.3 is 14.6 Å². The zero-order valence-corrected chi connectivity index (χ0v) is 17.6. The summed E-state index contributed by atoms with van der Waals surface area (Å²) < 4.78 is 11.5. The van der Waals surface area contributed by atoms with Crippen molar-refractivity contribution in [1.29, 1.82) is 0 Å². The van der Waals surface area contributed by atoms with E-state index in [0.717, 1.165) is 28.3 Å². The number of benzene rings is 3. The van der Waals surface area contributed by atoms with Crippen molar-refractivity contribution in [3.63, 3.8) is 0 Å². The number of aromatic hydroxyl groups is 1. The van der Waals surface area contributed by atoms with Crippen LogP contribution >= 0.6 is 23.2 Å². The standard InChI is InChI=1S/C23H18Cl2N2O3/c1-29-15-8-6-13(7-9-15)19-12-20-16-4-2-3-5-21(16)30-23(27(20)26-19)17-10-14(24)11-18(25)22(17)28/h2-11,20,23,28H,12H2,1H3. The van der Waals surface area contributed by atoms with Crippen molar-refractivity contribution in [2.45, 2.75) is 18.7 Å². The number of fused-ring (bicyclic) bond motifs is 3. The Hall–Kier alpha value is -2.89. The summed E-state index contributed by atoms with van der Waals surface area (Å²) in [7, 11) is 1.64. The Morgan fingerprint density at radius 1 is 1.07 bits per heavy atom. The molecule has 0 fully saturated rings. The van der Waals surface area contributed by atoms with Crippen molar-refractivity contribution in [3.8, 4) is 17.2 Å². The molecule has 0 saturated heterocycles. The molecule has 5 nitrogen and oxygen atoms in total. The summed E-state index contributed by atoms with van der Waals surface area (Å²) in [5.74, 6) is 1.49. The van der Waals surface area contributed by atoms with Crippen LogP contribution in [0.15, 0.2) is 65.8 Å². The fourth-order valence-corrected chi connectivity index (χ4v) is 4.48. The van der Waals surface area contributed by atoms with E-state index in [1.54, 1.807) is 13.2 Å². The lowest BCUT2D eigenvalue weighted by molar-refractivity contribution is -0.0203. The Morgan fingerprint density at radius 2 is 1.83 bits per heavy atom. The summed E-state index contributed by atoms with van der Waals surface area (Å²) in [5.41, 5.74) is 3.47. The van der Waals surface area contributed by atoms with Gasteiger partial charge in [-0.1, -0.05) is 41.4 Å². The average molecular weight is 441 g/mol. The van der Waals surface area contributed by atoms with Crippen LogP contribution < -0.4 is 9.47 Å². The molecular weight excluding hydrogens is 423 g/mol. The van der Waals surface area contributed by atoms with E-state index in [2.05, 4.69) is 0 Å². The van der Waals surface area contributed by atoms with Crippen LogP contribution in [0.4, 0.5) is 0 Å². The highest BCUT2D eigenvalue weighted by atomic mass is 35.5. The average Bonchev–Trinajstić information content (AvgIpc) is 3.21. The maximum atomic E-state index is 10.6. The summed E-state index contributed by atoms with van der Waals surface area (Å²) in [6.45, 7) is 0. The highest BCUT2D eigenvalue weighted by Gasteiger charge is 2.42. The smallest absolute Gasteiger partial charge is 0.217 e. The lowest BCUT2D eigenvalue weighted by Gasteiger charge is -2.38. The molecule has 7 heteroatoms. The first-order valence-electron chi connectivity index (χ1n) is 9.49. The number of nitrogens with zero attached hydrogens (tertiary/aromatic N) is 2. The van der Waals surface area contributed by atoms with Crippen LogP contribution in [-0.4, -0.2) is 22.9 Å². The maximum absolute atomic E-state index is 10.6. The molecule has 5 rings (SSSR count). The predicted octanol–water partition coefficient (Wildman–Crippen LogP) is 5.95. The van der Waals surface area contributed by atoms with E-state index in [1.165, 1.54) is 6.07 Å². The molecule has 0 bridgehead atoms. The van der Waals surface area contributed by atoms with Gasteiger partial charge in [-0.2, -0.15) is 5.10 Å². The van der Waals surface area contributed by atoms with Crippen molar-refractivity contribution in [1.82, 2.24) is 5.01 Å². The van der Waals surface area contributed by atoms with Crippen LogP contribution in [0, 0.1) is 0 Å². The Labute approximate surface area is 184 Å². The zero-order chi connectivity index (χ0) is 20.8.